The first-order valence-electron chi connectivity index (χ1n) is 6.46. The summed E-state index contributed by atoms with van der Waals surface area (Å²) in [5, 5.41) is 3.53. The van der Waals surface area contributed by atoms with Crippen LogP contribution in [-0.4, -0.2) is 37.0 Å². The average Bonchev–Trinajstić information content (AvgIpc) is 2.31. The van der Waals surface area contributed by atoms with Crippen molar-refractivity contribution in [3.63, 3.8) is 0 Å². The Kier molecular flexibility index (Phi) is 4.20. The van der Waals surface area contributed by atoms with Gasteiger partial charge >= 0.3 is 0 Å². The third-order valence-corrected chi connectivity index (χ3v) is 3.33. The first-order valence-corrected chi connectivity index (χ1v) is 6.46. The zero-order chi connectivity index (χ0) is 13.0. The molecule has 0 saturated carbocycles. The molecule has 0 bridgehead atoms. The number of primary amides is 1. The Morgan fingerprint density at radius 1 is 1.44 bits per heavy atom. The van der Waals surface area contributed by atoms with Crippen molar-refractivity contribution < 1.29 is 4.79 Å². The Balaban J connectivity index is 1.91. The summed E-state index contributed by atoms with van der Waals surface area (Å²) >= 11 is 0. The first kappa shape index (κ1) is 12.9. The second kappa shape index (κ2) is 5.87. The minimum atomic E-state index is -0.287. The Hall–Kier alpha value is -1.55. The second-order valence-electron chi connectivity index (χ2n) is 5.09. The fourth-order valence-corrected chi connectivity index (χ4v) is 2.44. The lowest BCUT2D eigenvalue weighted by atomic mass is 10.1. The van der Waals surface area contributed by atoms with Gasteiger partial charge in [-0.15, -0.1) is 0 Å². The molecule has 18 heavy (non-hydrogen) atoms. The van der Waals surface area contributed by atoms with Crippen molar-refractivity contribution in [2.75, 3.05) is 25.5 Å². The molecule has 0 aromatic heterocycles. The van der Waals surface area contributed by atoms with Gasteiger partial charge in [-0.25, -0.2) is 0 Å². The number of likely N-dealkylation sites (N-methyl/N-ethyl adjacent to an activating group) is 1. The molecule has 1 aromatic rings. The van der Waals surface area contributed by atoms with Gasteiger partial charge in [0.25, 0.3) is 0 Å². The molecule has 4 heteroatoms. The molecule has 1 aliphatic heterocycles. The molecule has 1 heterocycles. The quantitative estimate of drug-likeness (QED) is 0.841. The number of rotatable bonds is 4. The van der Waals surface area contributed by atoms with E-state index in [9.17, 15) is 4.79 Å². The van der Waals surface area contributed by atoms with Gasteiger partial charge in [-0.05, 0) is 44.1 Å². The van der Waals surface area contributed by atoms with Crippen molar-refractivity contribution in [3.8, 4) is 0 Å². The molecule has 1 atom stereocenters. The van der Waals surface area contributed by atoms with E-state index in [0.717, 1.165) is 17.8 Å². The Morgan fingerprint density at radius 2 is 2.17 bits per heavy atom. The Bertz CT molecular complexity index is 402. The lowest BCUT2D eigenvalue weighted by molar-refractivity contribution is -0.117. The van der Waals surface area contributed by atoms with E-state index in [4.69, 9.17) is 5.73 Å². The molecule has 1 unspecified atom stereocenters. The van der Waals surface area contributed by atoms with Gasteiger partial charge in [0.1, 0.15) is 0 Å². The Morgan fingerprint density at radius 3 is 2.78 bits per heavy atom. The van der Waals surface area contributed by atoms with E-state index >= 15 is 0 Å². The van der Waals surface area contributed by atoms with Crippen LogP contribution in [-0.2, 0) is 11.2 Å². The SMILES string of the molecule is CN1CCCC(Nc2ccc(CC(N)=O)cc2)C1. The smallest absolute Gasteiger partial charge is 0.221 e. The number of nitrogens with one attached hydrogen (secondary N) is 1. The summed E-state index contributed by atoms with van der Waals surface area (Å²) in [4.78, 5) is 13.2. The van der Waals surface area contributed by atoms with E-state index in [0.29, 0.717) is 12.5 Å². The number of nitrogens with two attached hydrogens (primary N) is 1. The van der Waals surface area contributed by atoms with Crippen molar-refractivity contribution in [1.29, 1.82) is 0 Å². The molecule has 1 fully saturated rings. The zero-order valence-electron chi connectivity index (χ0n) is 10.9. The maximum Gasteiger partial charge on any atom is 0.221 e. The highest BCUT2D eigenvalue weighted by atomic mass is 16.1. The maximum atomic E-state index is 10.8. The lowest BCUT2D eigenvalue weighted by Crippen LogP contribution is -2.39. The highest BCUT2D eigenvalue weighted by molar-refractivity contribution is 5.76. The van der Waals surface area contributed by atoms with Gasteiger partial charge in [0.15, 0.2) is 0 Å². The molecular weight excluding hydrogens is 226 g/mol. The van der Waals surface area contributed by atoms with Crippen molar-refractivity contribution >= 4 is 11.6 Å². The number of carbonyl (C=O) groups is 1. The predicted octanol–water partition coefficient (Wildman–Crippen LogP) is 1.22. The summed E-state index contributed by atoms with van der Waals surface area (Å²) in [5.41, 5.74) is 7.25. The van der Waals surface area contributed by atoms with Crippen LogP contribution in [0.5, 0.6) is 0 Å². The van der Waals surface area contributed by atoms with E-state index in [1.807, 2.05) is 24.3 Å². The normalized spacial score (nSPS) is 20.6. The van der Waals surface area contributed by atoms with Crippen LogP contribution in [0.15, 0.2) is 24.3 Å². The average molecular weight is 247 g/mol. The number of amides is 1. The second-order valence-corrected chi connectivity index (χ2v) is 5.09. The first-order chi connectivity index (χ1) is 8.63. The number of hydrogen-bond acceptors (Lipinski definition) is 3. The van der Waals surface area contributed by atoms with Crippen LogP contribution in [0.1, 0.15) is 18.4 Å². The van der Waals surface area contributed by atoms with E-state index in [1.54, 1.807) is 0 Å². The molecule has 1 aliphatic rings. The van der Waals surface area contributed by atoms with Crippen molar-refractivity contribution in [2.24, 2.45) is 5.73 Å². The number of likely N-dealkylation sites (tertiary alicyclic amines) is 1. The summed E-state index contributed by atoms with van der Waals surface area (Å²) in [5.74, 6) is -0.287. The van der Waals surface area contributed by atoms with Gasteiger partial charge < -0.3 is 16.0 Å². The van der Waals surface area contributed by atoms with Crippen LogP contribution in [0.4, 0.5) is 5.69 Å². The minimum absolute atomic E-state index is 0.287. The van der Waals surface area contributed by atoms with Crippen molar-refractivity contribution in [1.82, 2.24) is 4.90 Å². The van der Waals surface area contributed by atoms with Crippen LogP contribution in [0, 0.1) is 0 Å². The molecule has 1 saturated heterocycles. The van der Waals surface area contributed by atoms with Gasteiger partial charge in [0.2, 0.25) is 5.91 Å². The van der Waals surface area contributed by atoms with E-state index in [1.165, 1.54) is 19.4 Å². The lowest BCUT2D eigenvalue weighted by Gasteiger charge is -2.30. The molecule has 1 amide bonds. The third kappa shape index (κ3) is 3.74. The van der Waals surface area contributed by atoms with Crippen LogP contribution in [0.25, 0.3) is 0 Å². The minimum Gasteiger partial charge on any atom is -0.381 e. The van der Waals surface area contributed by atoms with Gasteiger partial charge in [-0.1, -0.05) is 12.1 Å². The third-order valence-electron chi connectivity index (χ3n) is 3.33. The number of hydrogen-bond donors (Lipinski definition) is 2. The van der Waals surface area contributed by atoms with Gasteiger partial charge in [-0.3, -0.25) is 4.79 Å². The number of piperidine rings is 1. The summed E-state index contributed by atoms with van der Waals surface area (Å²) in [6.07, 6.45) is 2.77. The van der Waals surface area contributed by atoms with Crippen LogP contribution < -0.4 is 11.1 Å². The van der Waals surface area contributed by atoms with Crippen LogP contribution in [0.2, 0.25) is 0 Å². The van der Waals surface area contributed by atoms with E-state index in [2.05, 4.69) is 17.3 Å². The van der Waals surface area contributed by atoms with Gasteiger partial charge in [0.05, 0.1) is 6.42 Å². The molecule has 2 rings (SSSR count). The molecule has 4 nitrogen and oxygen atoms in total. The topological polar surface area (TPSA) is 58.4 Å². The number of benzene rings is 1. The van der Waals surface area contributed by atoms with Crippen LogP contribution in [0.3, 0.4) is 0 Å². The monoisotopic (exact) mass is 247 g/mol. The summed E-state index contributed by atoms with van der Waals surface area (Å²) in [6, 6.07) is 8.48. The van der Waals surface area contributed by atoms with E-state index in [-0.39, 0.29) is 5.91 Å². The number of nitrogens with zero attached hydrogens (tertiary/aromatic N) is 1. The summed E-state index contributed by atoms with van der Waals surface area (Å²) < 4.78 is 0. The largest absolute Gasteiger partial charge is 0.381 e. The highest BCUT2D eigenvalue weighted by Crippen LogP contribution is 2.16. The maximum absolute atomic E-state index is 10.8. The molecule has 3 N–H and O–H groups in total. The number of anilines is 1. The molecular formula is C14H21N3O. The van der Waals surface area contributed by atoms with Gasteiger partial charge in [0, 0.05) is 18.3 Å². The van der Waals surface area contributed by atoms with Crippen molar-refractivity contribution in [2.45, 2.75) is 25.3 Å². The predicted molar refractivity (Wildman–Crippen MR) is 73.5 cm³/mol. The summed E-state index contributed by atoms with van der Waals surface area (Å²) in [6.45, 7) is 2.28. The molecule has 0 radical (unpaired) electrons. The molecule has 98 valence electrons. The van der Waals surface area contributed by atoms with Crippen molar-refractivity contribution in [3.05, 3.63) is 29.8 Å². The zero-order valence-corrected chi connectivity index (χ0v) is 10.9. The van der Waals surface area contributed by atoms with E-state index < -0.39 is 0 Å². The number of carbonyl (C=O) groups excluding carboxylic acids is 1. The molecule has 1 aromatic carbocycles. The molecule has 0 aliphatic carbocycles. The van der Waals surface area contributed by atoms with Crippen LogP contribution >= 0.6 is 0 Å². The fraction of sp³-hybridized carbons (Fsp3) is 0.500. The fourth-order valence-electron chi connectivity index (χ4n) is 2.44. The highest BCUT2D eigenvalue weighted by Gasteiger charge is 2.16. The van der Waals surface area contributed by atoms with Gasteiger partial charge in [-0.2, -0.15) is 0 Å². The summed E-state index contributed by atoms with van der Waals surface area (Å²) in [7, 11) is 2.16. The standard InChI is InChI=1S/C14H21N3O/c1-17-8-2-3-13(10-17)16-12-6-4-11(5-7-12)9-14(15)18/h4-7,13,16H,2-3,8-10H2,1H3,(H2,15,18). The Labute approximate surface area is 108 Å². The molecule has 0 spiro atoms.